The lowest BCUT2D eigenvalue weighted by Gasteiger charge is -2.17. The Morgan fingerprint density at radius 1 is 1.33 bits per heavy atom. The number of ether oxygens (including phenoxy) is 1. The van der Waals surface area contributed by atoms with Crippen molar-refractivity contribution in [1.82, 2.24) is 19.6 Å². The van der Waals surface area contributed by atoms with Crippen molar-refractivity contribution in [2.75, 3.05) is 18.2 Å². The maximum absolute atomic E-state index is 12.7. The van der Waals surface area contributed by atoms with Crippen molar-refractivity contribution < 1.29 is 9.53 Å². The van der Waals surface area contributed by atoms with Crippen LogP contribution in [0.15, 0.2) is 29.4 Å². The van der Waals surface area contributed by atoms with Crippen LogP contribution in [0.5, 0.6) is 5.75 Å². The van der Waals surface area contributed by atoms with Crippen LogP contribution in [0.1, 0.15) is 49.4 Å². The zero-order valence-electron chi connectivity index (χ0n) is 19.2. The van der Waals surface area contributed by atoms with E-state index in [1.54, 1.807) is 7.11 Å². The van der Waals surface area contributed by atoms with Crippen molar-refractivity contribution >= 4 is 50.6 Å². The zero-order valence-corrected chi connectivity index (χ0v) is 20.8. The monoisotopic (exact) mass is 481 g/mol. The Morgan fingerprint density at radius 2 is 2.15 bits per heavy atom. The number of methoxy groups -OCH3 is 1. The average molecular weight is 482 g/mol. The quantitative estimate of drug-likeness (QED) is 0.375. The molecule has 9 heteroatoms. The van der Waals surface area contributed by atoms with Gasteiger partial charge >= 0.3 is 0 Å². The third-order valence-corrected chi connectivity index (χ3v) is 8.10. The molecule has 3 heterocycles. The van der Waals surface area contributed by atoms with Crippen molar-refractivity contribution in [2.45, 2.75) is 51.1 Å². The molecule has 1 aromatic carbocycles. The van der Waals surface area contributed by atoms with E-state index in [1.165, 1.54) is 28.6 Å². The second-order valence-corrected chi connectivity index (χ2v) is 10.9. The van der Waals surface area contributed by atoms with Gasteiger partial charge in [-0.3, -0.25) is 9.20 Å². The van der Waals surface area contributed by atoms with Gasteiger partial charge in [-0.05, 0) is 42.9 Å². The molecule has 172 valence electrons. The van der Waals surface area contributed by atoms with Gasteiger partial charge in [0.15, 0.2) is 10.8 Å². The summed E-state index contributed by atoms with van der Waals surface area (Å²) in [6.07, 6.45) is 3.36. The Morgan fingerprint density at radius 3 is 2.94 bits per heavy atom. The molecule has 4 aromatic rings. The van der Waals surface area contributed by atoms with Gasteiger partial charge in [0, 0.05) is 10.8 Å². The lowest BCUT2D eigenvalue weighted by molar-refractivity contribution is -0.113. The molecule has 7 nitrogen and oxygen atoms in total. The number of hydrogen-bond acceptors (Lipinski definition) is 7. The van der Waals surface area contributed by atoms with Gasteiger partial charge in [-0.2, -0.15) is 0 Å². The highest BCUT2D eigenvalue weighted by Crippen LogP contribution is 2.40. The molecular formula is C24H27N5O2S2. The number of thiophene rings is 1. The maximum atomic E-state index is 12.7. The second kappa shape index (κ2) is 8.95. The zero-order chi connectivity index (χ0) is 23.1. The number of aromatic nitrogens is 4. The van der Waals surface area contributed by atoms with Crippen LogP contribution < -0.4 is 10.1 Å². The first-order valence-electron chi connectivity index (χ1n) is 11.2. The van der Waals surface area contributed by atoms with Crippen LogP contribution in [0.4, 0.5) is 5.69 Å². The lowest BCUT2D eigenvalue weighted by Crippen LogP contribution is -2.15. The molecule has 0 saturated carbocycles. The summed E-state index contributed by atoms with van der Waals surface area (Å²) in [5.41, 5.74) is 2.91. The Kier molecular flexibility index (Phi) is 6.01. The van der Waals surface area contributed by atoms with E-state index in [9.17, 15) is 4.79 Å². The number of amides is 1. The normalized spacial score (nSPS) is 15.8. The summed E-state index contributed by atoms with van der Waals surface area (Å²) in [6.45, 7) is 6.58. The minimum Gasteiger partial charge on any atom is -0.495 e. The molecule has 1 N–H and O–H groups in total. The van der Waals surface area contributed by atoms with Crippen molar-refractivity contribution in [2.24, 2.45) is 5.92 Å². The summed E-state index contributed by atoms with van der Waals surface area (Å²) in [7, 11) is 1.59. The third-order valence-electron chi connectivity index (χ3n) is 6.03. The fourth-order valence-corrected chi connectivity index (χ4v) is 6.51. The van der Waals surface area contributed by atoms with Gasteiger partial charge in [-0.25, -0.2) is 4.98 Å². The van der Waals surface area contributed by atoms with Gasteiger partial charge in [0.1, 0.15) is 16.4 Å². The van der Waals surface area contributed by atoms with Crippen molar-refractivity contribution in [3.63, 3.8) is 0 Å². The van der Waals surface area contributed by atoms with E-state index in [1.807, 2.05) is 35.6 Å². The summed E-state index contributed by atoms with van der Waals surface area (Å²) >= 11 is 3.18. The van der Waals surface area contributed by atoms with Gasteiger partial charge in [-0.15, -0.1) is 21.5 Å². The third kappa shape index (κ3) is 4.08. The molecule has 5 rings (SSSR count). The van der Waals surface area contributed by atoms with Crippen molar-refractivity contribution in [1.29, 1.82) is 0 Å². The number of hydrogen-bond donors (Lipinski definition) is 1. The number of nitrogens with zero attached hydrogens (tertiary/aromatic N) is 4. The number of rotatable bonds is 6. The predicted molar refractivity (Wildman–Crippen MR) is 134 cm³/mol. The number of para-hydroxylation sites is 2. The summed E-state index contributed by atoms with van der Waals surface area (Å²) in [5, 5.41) is 13.8. The molecule has 1 atom stereocenters. The van der Waals surface area contributed by atoms with Crippen LogP contribution >= 0.6 is 23.1 Å². The molecular weight excluding hydrogens is 454 g/mol. The summed E-state index contributed by atoms with van der Waals surface area (Å²) < 4.78 is 7.38. The van der Waals surface area contributed by atoms with E-state index in [0.29, 0.717) is 22.5 Å². The highest BCUT2D eigenvalue weighted by molar-refractivity contribution is 7.99. The Hall–Kier alpha value is -2.65. The Balaban J connectivity index is 1.47. The first kappa shape index (κ1) is 22.2. The highest BCUT2D eigenvalue weighted by atomic mass is 32.2. The predicted octanol–water partition coefficient (Wildman–Crippen LogP) is 5.33. The number of aryl methyl sites for hydroxylation is 1. The molecule has 0 saturated heterocycles. The summed E-state index contributed by atoms with van der Waals surface area (Å²) in [6, 6.07) is 7.39. The molecule has 1 amide bonds. The topological polar surface area (TPSA) is 81.4 Å². The van der Waals surface area contributed by atoms with Crippen molar-refractivity contribution in [3.05, 3.63) is 40.5 Å². The van der Waals surface area contributed by atoms with Crippen LogP contribution in [-0.2, 0) is 17.6 Å². The van der Waals surface area contributed by atoms with E-state index in [4.69, 9.17) is 9.72 Å². The molecule has 1 unspecified atom stereocenters. The van der Waals surface area contributed by atoms with Crippen LogP contribution in [0.2, 0.25) is 0 Å². The number of anilines is 1. The fraction of sp³-hybridized carbons (Fsp3) is 0.417. The largest absolute Gasteiger partial charge is 0.495 e. The molecule has 0 spiro atoms. The summed E-state index contributed by atoms with van der Waals surface area (Å²) in [4.78, 5) is 20.2. The molecule has 3 aromatic heterocycles. The minimum atomic E-state index is -0.122. The van der Waals surface area contributed by atoms with Crippen molar-refractivity contribution in [3.8, 4) is 5.75 Å². The van der Waals surface area contributed by atoms with E-state index >= 15 is 0 Å². The summed E-state index contributed by atoms with van der Waals surface area (Å²) in [5.74, 6) is 2.57. The number of nitrogens with one attached hydrogen (secondary N) is 1. The SMILES string of the molecule is COc1ccccc1NC(=O)CSc1nnc2c3c4c(sc3nc(C(C)C)n12)CC(C)CC4. The highest BCUT2D eigenvalue weighted by Gasteiger charge is 2.26. The van der Waals surface area contributed by atoms with E-state index in [2.05, 4.69) is 40.7 Å². The fourth-order valence-electron chi connectivity index (χ4n) is 4.38. The number of carbonyl (C=O) groups is 1. The molecule has 33 heavy (non-hydrogen) atoms. The van der Waals surface area contributed by atoms with Crippen LogP contribution in [0.3, 0.4) is 0 Å². The number of benzene rings is 1. The van der Waals surface area contributed by atoms with Crippen LogP contribution in [0, 0.1) is 5.92 Å². The average Bonchev–Trinajstić information content (AvgIpc) is 3.37. The van der Waals surface area contributed by atoms with Gasteiger partial charge in [-0.1, -0.05) is 44.7 Å². The second-order valence-electron chi connectivity index (χ2n) is 8.84. The van der Waals surface area contributed by atoms with Gasteiger partial charge in [0.2, 0.25) is 5.91 Å². The molecule has 1 aliphatic carbocycles. The number of carbonyl (C=O) groups excluding carboxylic acids is 1. The Bertz CT molecular complexity index is 1340. The minimum absolute atomic E-state index is 0.122. The standard InChI is InChI=1S/C24H27N5O2S2/c1-13(2)21-26-23-20(15-10-9-14(3)11-18(15)33-23)22-27-28-24(29(21)22)32-12-19(30)25-16-7-5-6-8-17(16)31-4/h5-8,13-14H,9-12H2,1-4H3,(H,25,30). The molecule has 0 aliphatic heterocycles. The van der Waals surface area contributed by atoms with E-state index in [-0.39, 0.29) is 17.6 Å². The Labute approximate surface area is 201 Å². The van der Waals surface area contributed by atoms with Crippen LogP contribution in [-0.4, -0.2) is 38.4 Å². The van der Waals surface area contributed by atoms with Gasteiger partial charge in [0.25, 0.3) is 0 Å². The van der Waals surface area contributed by atoms with Crippen LogP contribution in [0.25, 0.3) is 15.9 Å². The maximum Gasteiger partial charge on any atom is 0.234 e. The molecule has 0 bridgehead atoms. The number of thioether (sulfide) groups is 1. The van der Waals surface area contributed by atoms with E-state index < -0.39 is 0 Å². The lowest BCUT2D eigenvalue weighted by atomic mass is 9.89. The number of fused-ring (bicyclic) bond motifs is 5. The van der Waals surface area contributed by atoms with E-state index in [0.717, 1.165) is 34.5 Å². The first-order chi connectivity index (χ1) is 16.0. The molecule has 0 radical (unpaired) electrons. The first-order valence-corrected chi connectivity index (χ1v) is 13.0. The van der Waals surface area contributed by atoms with Gasteiger partial charge in [0.05, 0.1) is 23.9 Å². The smallest absolute Gasteiger partial charge is 0.234 e. The van der Waals surface area contributed by atoms with Gasteiger partial charge < -0.3 is 10.1 Å². The molecule has 0 fully saturated rings. The molecule has 1 aliphatic rings.